The molecule has 0 spiro atoms. The number of nitrogens with two attached hydrogens (primary N) is 1. The molecule has 3 nitrogen and oxygen atoms in total. The summed E-state index contributed by atoms with van der Waals surface area (Å²) in [4.78, 5) is 4.88. The van der Waals surface area contributed by atoms with E-state index in [2.05, 4.69) is 10.3 Å². The van der Waals surface area contributed by atoms with E-state index in [1.165, 1.54) is 11.3 Å². The SMILES string of the molecule is NC(=S)C(=S)Nc1nc2ccccc2s1. The fraction of sp³-hybridized carbons (Fsp3) is 0. The zero-order valence-corrected chi connectivity index (χ0v) is 10.0. The molecule has 0 bridgehead atoms. The minimum Gasteiger partial charge on any atom is -0.388 e. The Morgan fingerprint density at radius 3 is 2.73 bits per heavy atom. The van der Waals surface area contributed by atoms with Gasteiger partial charge in [-0.15, -0.1) is 0 Å². The molecule has 1 aromatic heterocycles. The van der Waals surface area contributed by atoms with E-state index in [0.717, 1.165) is 10.2 Å². The molecule has 1 heterocycles. The van der Waals surface area contributed by atoms with Crippen LogP contribution >= 0.6 is 35.8 Å². The van der Waals surface area contributed by atoms with Crippen molar-refractivity contribution in [1.82, 2.24) is 4.98 Å². The maximum absolute atomic E-state index is 5.38. The number of para-hydroxylation sites is 1. The van der Waals surface area contributed by atoms with Crippen molar-refractivity contribution < 1.29 is 0 Å². The molecule has 0 atom stereocenters. The molecule has 0 unspecified atom stereocenters. The molecule has 6 heteroatoms. The smallest absolute Gasteiger partial charge is 0.188 e. The quantitative estimate of drug-likeness (QED) is 0.764. The van der Waals surface area contributed by atoms with Crippen LogP contribution in [-0.2, 0) is 0 Å². The summed E-state index contributed by atoms with van der Waals surface area (Å²) in [7, 11) is 0. The molecule has 2 aromatic rings. The van der Waals surface area contributed by atoms with Gasteiger partial charge >= 0.3 is 0 Å². The summed E-state index contributed by atoms with van der Waals surface area (Å²) in [6.07, 6.45) is 0. The molecule has 0 aliphatic rings. The summed E-state index contributed by atoms with van der Waals surface area (Å²) < 4.78 is 1.10. The number of hydrogen-bond donors (Lipinski definition) is 2. The monoisotopic (exact) mass is 253 g/mol. The van der Waals surface area contributed by atoms with E-state index in [0.29, 0.717) is 10.1 Å². The van der Waals surface area contributed by atoms with Crippen molar-refractivity contribution in [3.63, 3.8) is 0 Å². The van der Waals surface area contributed by atoms with Crippen LogP contribution in [0.25, 0.3) is 10.2 Å². The average Bonchev–Trinajstić information content (AvgIpc) is 2.59. The maximum Gasteiger partial charge on any atom is 0.188 e. The van der Waals surface area contributed by atoms with Gasteiger partial charge in [-0.25, -0.2) is 4.98 Å². The Bertz CT molecular complexity index is 499. The molecule has 76 valence electrons. The van der Waals surface area contributed by atoms with Crippen molar-refractivity contribution >= 4 is 61.1 Å². The van der Waals surface area contributed by atoms with Crippen molar-refractivity contribution in [2.45, 2.75) is 0 Å². The number of benzene rings is 1. The molecule has 0 aliphatic carbocycles. The van der Waals surface area contributed by atoms with Gasteiger partial charge in [0, 0.05) is 0 Å². The molecule has 3 N–H and O–H groups in total. The zero-order chi connectivity index (χ0) is 10.8. The van der Waals surface area contributed by atoms with Gasteiger partial charge in [0.25, 0.3) is 0 Å². The van der Waals surface area contributed by atoms with Crippen molar-refractivity contribution in [1.29, 1.82) is 0 Å². The minimum atomic E-state index is 0.184. The number of thiocarbonyl (C=S) groups is 2. The number of thiazole rings is 1. The molecule has 0 radical (unpaired) electrons. The van der Waals surface area contributed by atoms with Crippen LogP contribution in [0.5, 0.6) is 0 Å². The molecule has 0 fully saturated rings. The lowest BCUT2D eigenvalue weighted by Gasteiger charge is -2.00. The highest BCUT2D eigenvalue weighted by Crippen LogP contribution is 2.25. The van der Waals surface area contributed by atoms with Crippen molar-refractivity contribution in [3.05, 3.63) is 24.3 Å². The van der Waals surface area contributed by atoms with E-state index in [1.807, 2.05) is 24.3 Å². The molecule has 0 saturated carbocycles. The Labute approximate surface area is 101 Å². The highest BCUT2D eigenvalue weighted by atomic mass is 32.1. The van der Waals surface area contributed by atoms with Crippen molar-refractivity contribution in [2.24, 2.45) is 5.73 Å². The standard InChI is InChI=1S/C9H7N3S3/c10-7(13)8(14)12-9-11-5-3-1-2-4-6(5)15-9/h1-4H,(H2,10,13)(H,11,12,14). The molecule has 15 heavy (non-hydrogen) atoms. The summed E-state index contributed by atoms with van der Waals surface area (Å²) in [6, 6.07) is 7.86. The Kier molecular flexibility index (Phi) is 2.90. The average molecular weight is 253 g/mol. The second-order valence-corrected chi connectivity index (χ2v) is 4.68. The normalized spacial score (nSPS) is 10.1. The van der Waals surface area contributed by atoms with Gasteiger partial charge in [0.05, 0.1) is 10.2 Å². The largest absolute Gasteiger partial charge is 0.388 e. The number of hydrogen-bond acceptors (Lipinski definition) is 4. The minimum absolute atomic E-state index is 0.184. The number of rotatable bonds is 1. The predicted molar refractivity (Wildman–Crippen MR) is 72.6 cm³/mol. The Hall–Kier alpha value is -1.11. The summed E-state index contributed by atoms with van der Waals surface area (Å²) in [5, 5.41) is 3.62. The van der Waals surface area contributed by atoms with Crippen LogP contribution in [-0.4, -0.2) is 15.0 Å². The third-order valence-electron chi connectivity index (χ3n) is 1.74. The van der Waals surface area contributed by atoms with Crippen LogP contribution in [0.1, 0.15) is 0 Å². The highest BCUT2D eigenvalue weighted by molar-refractivity contribution is 7.89. The lowest BCUT2D eigenvalue weighted by Crippen LogP contribution is -2.25. The second kappa shape index (κ2) is 4.18. The summed E-state index contributed by atoms with van der Waals surface area (Å²) in [6.45, 7) is 0. The Balaban J connectivity index is 2.30. The van der Waals surface area contributed by atoms with Gasteiger partial charge in [-0.2, -0.15) is 0 Å². The first-order chi connectivity index (χ1) is 7.16. The van der Waals surface area contributed by atoms with Crippen molar-refractivity contribution in [3.8, 4) is 0 Å². The summed E-state index contributed by atoms with van der Waals surface area (Å²) in [5.41, 5.74) is 6.32. The molecular formula is C9H7N3S3. The van der Waals surface area contributed by atoms with Gasteiger partial charge in [0.1, 0.15) is 9.98 Å². The van der Waals surface area contributed by atoms with Gasteiger partial charge in [-0.1, -0.05) is 47.9 Å². The topological polar surface area (TPSA) is 50.9 Å². The Morgan fingerprint density at radius 1 is 1.33 bits per heavy atom. The van der Waals surface area contributed by atoms with Crippen LogP contribution in [0.3, 0.4) is 0 Å². The molecule has 2 rings (SSSR count). The molecule has 0 saturated heterocycles. The van der Waals surface area contributed by atoms with E-state index >= 15 is 0 Å². The second-order valence-electron chi connectivity index (χ2n) is 2.81. The van der Waals surface area contributed by atoms with Crippen molar-refractivity contribution in [2.75, 3.05) is 5.32 Å². The number of anilines is 1. The van der Waals surface area contributed by atoms with Gasteiger partial charge in [-0.05, 0) is 12.1 Å². The van der Waals surface area contributed by atoms with E-state index in [9.17, 15) is 0 Å². The lowest BCUT2D eigenvalue weighted by atomic mass is 10.3. The van der Waals surface area contributed by atoms with E-state index in [4.69, 9.17) is 30.2 Å². The van der Waals surface area contributed by atoms with E-state index in [1.54, 1.807) is 0 Å². The molecule has 1 aromatic carbocycles. The lowest BCUT2D eigenvalue weighted by molar-refractivity contribution is 1.48. The van der Waals surface area contributed by atoms with Gasteiger partial charge in [0.2, 0.25) is 0 Å². The zero-order valence-electron chi connectivity index (χ0n) is 7.56. The fourth-order valence-electron chi connectivity index (χ4n) is 1.08. The van der Waals surface area contributed by atoms with Crippen LogP contribution in [0, 0.1) is 0 Å². The third-order valence-corrected chi connectivity index (χ3v) is 3.35. The van der Waals surface area contributed by atoms with Crippen LogP contribution < -0.4 is 11.1 Å². The van der Waals surface area contributed by atoms with E-state index in [-0.39, 0.29) is 4.99 Å². The number of nitrogens with one attached hydrogen (secondary N) is 1. The fourth-order valence-corrected chi connectivity index (χ4v) is 2.17. The first kappa shape index (κ1) is 10.4. The molecular weight excluding hydrogens is 246 g/mol. The number of nitrogens with zero attached hydrogens (tertiary/aromatic N) is 1. The molecule has 0 amide bonds. The third kappa shape index (κ3) is 2.28. The number of aromatic nitrogens is 1. The Morgan fingerprint density at radius 2 is 2.07 bits per heavy atom. The number of fused-ring (bicyclic) bond motifs is 1. The van der Waals surface area contributed by atoms with Crippen LogP contribution in [0.2, 0.25) is 0 Å². The molecule has 0 aliphatic heterocycles. The summed E-state index contributed by atoms with van der Waals surface area (Å²) in [5.74, 6) is 0. The van der Waals surface area contributed by atoms with Gasteiger partial charge in [0.15, 0.2) is 5.13 Å². The van der Waals surface area contributed by atoms with E-state index < -0.39 is 0 Å². The predicted octanol–water partition coefficient (Wildman–Crippen LogP) is 2.32. The van der Waals surface area contributed by atoms with Gasteiger partial charge < -0.3 is 11.1 Å². The van der Waals surface area contributed by atoms with Crippen LogP contribution in [0.4, 0.5) is 5.13 Å². The first-order valence-electron chi connectivity index (χ1n) is 4.13. The maximum atomic E-state index is 5.38. The van der Waals surface area contributed by atoms with Crippen LogP contribution in [0.15, 0.2) is 24.3 Å². The highest BCUT2D eigenvalue weighted by Gasteiger charge is 2.05. The summed E-state index contributed by atoms with van der Waals surface area (Å²) >= 11 is 11.2. The van der Waals surface area contributed by atoms with Gasteiger partial charge in [-0.3, -0.25) is 0 Å². The first-order valence-corrected chi connectivity index (χ1v) is 5.76.